The minimum Gasteiger partial charge on any atom is -0.299 e. The molecule has 0 aromatic rings. The number of rotatable bonds is 2. The Morgan fingerprint density at radius 3 is 2.64 bits per heavy atom. The summed E-state index contributed by atoms with van der Waals surface area (Å²) >= 11 is 0. The summed E-state index contributed by atoms with van der Waals surface area (Å²) in [6, 6.07) is 2.55. The van der Waals surface area contributed by atoms with Crippen LogP contribution in [0, 0.1) is 28.6 Å². The van der Waals surface area contributed by atoms with E-state index in [9.17, 15) is 5.26 Å². The molecular weight excluding hydrogens is 172 g/mol. The molecule has 2 heteroatoms. The second kappa shape index (κ2) is 2.97. The molecule has 3 aliphatic rings. The maximum atomic E-state index is 9.39. The van der Waals surface area contributed by atoms with Gasteiger partial charge in [-0.3, -0.25) is 5.32 Å². The predicted octanol–water partition coefficient (Wildman–Crippen LogP) is 2.31. The van der Waals surface area contributed by atoms with Gasteiger partial charge in [0.15, 0.2) is 0 Å². The van der Waals surface area contributed by atoms with E-state index in [2.05, 4.69) is 32.2 Å². The van der Waals surface area contributed by atoms with Gasteiger partial charge in [0.2, 0.25) is 0 Å². The highest BCUT2D eigenvalue weighted by molar-refractivity contribution is 5.22. The predicted molar refractivity (Wildman–Crippen MR) is 56.6 cm³/mol. The fourth-order valence-corrected chi connectivity index (χ4v) is 3.62. The van der Waals surface area contributed by atoms with E-state index in [1.807, 2.05) is 0 Å². The van der Waals surface area contributed by atoms with Crippen molar-refractivity contribution < 1.29 is 0 Å². The fraction of sp³-hybridized carbons (Fsp3) is 0.917. The van der Waals surface area contributed by atoms with Crippen LogP contribution in [-0.4, -0.2) is 12.1 Å². The third kappa shape index (κ3) is 1.05. The number of hydrogen-bond acceptors (Lipinski definition) is 2. The van der Waals surface area contributed by atoms with Gasteiger partial charge in [-0.15, -0.1) is 0 Å². The first-order chi connectivity index (χ1) is 6.57. The molecule has 1 N–H and O–H groups in total. The van der Waals surface area contributed by atoms with E-state index in [1.54, 1.807) is 0 Å². The zero-order chi connectivity index (χ0) is 10.4. The van der Waals surface area contributed by atoms with Gasteiger partial charge < -0.3 is 0 Å². The van der Waals surface area contributed by atoms with Crippen molar-refractivity contribution in [1.82, 2.24) is 5.32 Å². The van der Waals surface area contributed by atoms with Gasteiger partial charge in [-0.25, -0.2) is 0 Å². The molecule has 0 aromatic carbocycles. The van der Waals surface area contributed by atoms with Crippen molar-refractivity contribution in [3.63, 3.8) is 0 Å². The summed E-state index contributed by atoms with van der Waals surface area (Å²) in [6.07, 6.45) is 3.54. The Morgan fingerprint density at radius 1 is 1.50 bits per heavy atom. The van der Waals surface area contributed by atoms with Crippen LogP contribution in [0.3, 0.4) is 0 Å². The minimum absolute atomic E-state index is 0.215. The van der Waals surface area contributed by atoms with Crippen LogP contribution in [0.5, 0.6) is 0 Å². The Morgan fingerprint density at radius 2 is 2.21 bits per heavy atom. The van der Waals surface area contributed by atoms with E-state index in [1.165, 1.54) is 12.8 Å². The number of nitrogens with zero attached hydrogens (tertiary/aromatic N) is 1. The van der Waals surface area contributed by atoms with E-state index >= 15 is 0 Å². The van der Waals surface area contributed by atoms with Crippen LogP contribution >= 0.6 is 0 Å². The fourth-order valence-electron chi connectivity index (χ4n) is 3.62. The number of fused-ring (bicyclic) bond motifs is 2. The van der Waals surface area contributed by atoms with Crippen LogP contribution < -0.4 is 5.32 Å². The third-order valence-corrected chi connectivity index (χ3v) is 4.64. The average molecular weight is 192 g/mol. The van der Waals surface area contributed by atoms with E-state index in [0.717, 1.165) is 18.9 Å². The molecule has 0 spiro atoms. The Balaban J connectivity index is 2.24. The van der Waals surface area contributed by atoms with Gasteiger partial charge in [-0.05, 0) is 43.1 Å². The van der Waals surface area contributed by atoms with Gasteiger partial charge in [-0.1, -0.05) is 20.8 Å². The second-order valence-electron chi connectivity index (χ2n) is 5.46. The van der Waals surface area contributed by atoms with Gasteiger partial charge >= 0.3 is 0 Å². The zero-order valence-electron chi connectivity index (χ0n) is 9.43. The topological polar surface area (TPSA) is 35.8 Å². The second-order valence-corrected chi connectivity index (χ2v) is 5.46. The first-order valence-corrected chi connectivity index (χ1v) is 5.73. The lowest BCUT2D eigenvalue weighted by Crippen LogP contribution is -2.66. The summed E-state index contributed by atoms with van der Waals surface area (Å²) in [6.45, 7) is 7.66. The van der Waals surface area contributed by atoms with Gasteiger partial charge in [0.05, 0.1) is 6.07 Å². The van der Waals surface area contributed by atoms with Crippen molar-refractivity contribution in [3.8, 4) is 6.07 Å². The smallest absolute Gasteiger partial charge is 0.110 e. The van der Waals surface area contributed by atoms with E-state index < -0.39 is 0 Å². The summed E-state index contributed by atoms with van der Waals surface area (Å²) in [4.78, 5) is 0. The minimum atomic E-state index is -0.215. The van der Waals surface area contributed by atoms with Crippen LogP contribution in [0.4, 0.5) is 0 Å². The normalized spacial score (nSPS) is 43.9. The lowest BCUT2D eigenvalue weighted by Gasteiger charge is -2.63. The molecule has 3 saturated carbocycles. The Hall–Kier alpha value is -0.550. The van der Waals surface area contributed by atoms with Crippen LogP contribution in [0.2, 0.25) is 0 Å². The van der Waals surface area contributed by atoms with Crippen molar-refractivity contribution in [2.24, 2.45) is 17.3 Å². The Kier molecular flexibility index (Phi) is 2.12. The summed E-state index contributed by atoms with van der Waals surface area (Å²) in [7, 11) is 0. The Bertz CT molecular complexity index is 271. The average Bonchev–Trinajstić information content (AvgIpc) is 2.18. The summed E-state index contributed by atoms with van der Waals surface area (Å²) < 4.78 is 0. The number of nitriles is 1. The molecule has 2 nitrogen and oxygen atoms in total. The van der Waals surface area contributed by atoms with E-state index in [0.29, 0.717) is 11.3 Å². The molecule has 78 valence electrons. The molecule has 0 aliphatic heterocycles. The lowest BCUT2D eigenvalue weighted by atomic mass is 9.43. The van der Waals surface area contributed by atoms with E-state index in [4.69, 9.17) is 0 Å². The highest BCUT2D eigenvalue weighted by atomic mass is 15.0. The highest BCUT2D eigenvalue weighted by Gasteiger charge is 2.61. The number of nitrogens with one attached hydrogen (secondary N) is 1. The lowest BCUT2D eigenvalue weighted by molar-refractivity contribution is -0.110. The molecule has 0 saturated heterocycles. The molecule has 3 atom stereocenters. The van der Waals surface area contributed by atoms with Gasteiger partial charge in [0, 0.05) is 0 Å². The van der Waals surface area contributed by atoms with Crippen LogP contribution in [-0.2, 0) is 0 Å². The Labute approximate surface area is 86.7 Å². The summed E-state index contributed by atoms with van der Waals surface area (Å²) in [5.74, 6) is 1.44. The monoisotopic (exact) mass is 192 g/mol. The molecule has 3 rings (SSSR count). The molecule has 0 amide bonds. The first kappa shape index (κ1) is 9.98. The van der Waals surface area contributed by atoms with Crippen molar-refractivity contribution >= 4 is 0 Å². The van der Waals surface area contributed by atoms with Gasteiger partial charge in [-0.2, -0.15) is 5.26 Å². The molecule has 3 unspecified atom stereocenters. The van der Waals surface area contributed by atoms with Crippen molar-refractivity contribution in [3.05, 3.63) is 0 Å². The van der Waals surface area contributed by atoms with Gasteiger partial charge in [0.1, 0.15) is 5.54 Å². The van der Waals surface area contributed by atoms with E-state index in [-0.39, 0.29) is 5.54 Å². The molecular formula is C12H20N2. The maximum Gasteiger partial charge on any atom is 0.110 e. The summed E-state index contributed by atoms with van der Waals surface area (Å²) in [5, 5.41) is 12.8. The largest absolute Gasteiger partial charge is 0.299 e. The molecule has 0 aromatic heterocycles. The van der Waals surface area contributed by atoms with Crippen molar-refractivity contribution in [2.45, 2.75) is 45.6 Å². The third-order valence-electron chi connectivity index (χ3n) is 4.64. The number of hydrogen-bond donors (Lipinski definition) is 1. The van der Waals surface area contributed by atoms with Gasteiger partial charge in [0.25, 0.3) is 0 Å². The molecule has 2 bridgehead atoms. The highest BCUT2D eigenvalue weighted by Crippen LogP contribution is 2.62. The maximum absolute atomic E-state index is 9.39. The van der Waals surface area contributed by atoms with Crippen molar-refractivity contribution in [1.29, 1.82) is 5.26 Å². The molecule has 0 radical (unpaired) electrons. The quantitative estimate of drug-likeness (QED) is 0.728. The van der Waals surface area contributed by atoms with Crippen molar-refractivity contribution in [2.75, 3.05) is 6.54 Å². The first-order valence-electron chi connectivity index (χ1n) is 5.73. The summed E-state index contributed by atoms with van der Waals surface area (Å²) in [5.41, 5.74) is 0.170. The standard InChI is InChI=1S/C12H20N2/c1-4-14-12(8-13)6-5-9-7-10(12)11(9,2)3/h9-10,14H,4-7H2,1-3H3. The zero-order valence-corrected chi connectivity index (χ0v) is 9.43. The molecule has 3 aliphatic carbocycles. The van der Waals surface area contributed by atoms with Crippen LogP contribution in [0.1, 0.15) is 40.0 Å². The molecule has 14 heavy (non-hydrogen) atoms. The molecule has 0 heterocycles. The SMILES string of the molecule is CCNC1(C#N)CCC2CC1C2(C)C. The van der Waals surface area contributed by atoms with Crippen LogP contribution in [0.25, 0.3) is 0 Å². The molecule has 3 fully saturated rings. The van der Waals surface area contributed by atoms with Crippen LogP contribution in [0.15, 0.2) is 0 Å².